The zero-order valence-electron chi connectivity index (χ0n) is 11.4. The number of carbonyl (C=O) groups is 1. The second kappa shape index (κ2) is 5.46. The summed E-state index contributed by atoms with van der Waals surface area (Å²) in [6.07, 6.45) is 4.99. The minimum absolute atomic E-state index is 0.000148. The monoisotopic (exact) mass is 247 g/mol. The lowest BCUT2D eigenvalue weighted by molar-refractivity contribution is -0.116. The fourth-order valence-corrected chi connectivity index (χ4v) is 2.38. The van der Waals surface area contributed by atoms with Gasteiger partial charge in [0.05, 0.1) is 0 Å². The van der Waals surface area contributed by atoms with Crippen LogP contribution in [0.25, 0.3) is 0 Å². The lowest BCUT2D eigenvalue weighted by Crippen LogP contribution is -2.18. The average Bonchev–Trinajstić information content (AvgIpc) is 2.27. The highest BCUT2D eigenvalue weighted by atomic mass is 16.1. The van der Waals surface area contributed by atoms with Gasteiger partial charge in [0, 0.05) is 17.8 Å². The number of fused-ring (bicyclic) bond motifs is 1. The van der Waals surface area contributed by atoms with Crippen LogP contribution in [-0.4, -0.2) is 15.9 Å². The van der Waals surface area contributed by atoms with Gasteiger partial charge in [-0.1, -0.05) is 13.8 Å². The molecule has 1 aromatic heterocycles. The van der Waals surface area contributed by atoms with Gasteiger partial charge in [0.2, 0.25) is 11.9 Å². The van der Waals surface area contributed by atoms with Crippen LogP contribution in [0.2, 0.25) is 0 Å². The molecule has 98 valence electrons. The van der Waals surface area contributed by atoms with Crippen LogP contribution in [0.15, 0.2) is 0 Å². The first-order valence-corrected chi connectivity index (χ1v) is 6.72. The summed E-state index contributed by atoms with van der Waals surface area (Å²) in [6.45, 7) is 6.06. The van der Waals surface area contributed by atoms with Crippen molar-refractivity contribution in [3.05, 3.63) is 17.0 Å². The Labute approximate surface area is 108 Å². The average molecular weight is 247 g/mol. The van der Waals surface area contributed by atoms with E-state index in [0.717, 1.165) is 24.2 Å². The van der Waals surface area contributed by atoms with Crippen LogP contribution < -0.4 is 5.32 Å². The third kappa shape index (κ3) is 3.06. The largest absolute Gasteiger partial charge is 0.295 e. The number of aryl methyl sites for hydroxylation is 2. The number of hydrogen-bond acceptors (Lipinski definition) is 3. The van der Waals surface area contributed by atoms with Crippen molar-refractivity contribution in [3.8, 4) is 0 Å². The van der Waals surface area contributed by atoms with E-state index < -0.39 is 0 Å². The highest BCUT2D eigenvalue weighted by Crippen LogP contribution is 2.22. The highest BCUT2D eigenvalue weighted by Gasteiger charge is 2.16. The van der Waals surface area contributed by atoms with Crippen LogP contribution in [0.3, 0.4) is 0 Å². The molecular formula is C14H21N3O. The van der Waals surface area contributed by atoms with Gasteiger partial charge in [0.15, 0.2) is 0 Å². The summed E-state index contributed by atoms with van der Waals surface area (Å²) in [6, 6.07) is 0. The van der Waals surface area contributed by atoms with Crippen molar-refractivity contribution in [1.82, 2.24) is 9.97 Å². The van der Waals surface area contributed by atoms with Crippen molar-refractivity contribution in [3.63, 3.8) is 0 Å². The Morgan fingerprint density at radius 2 is 2.00 bits per heavy atom. The SMILES string of the molecule is Cc1nc(NC(=O)CC(C)C)nc2c1CCCC2. The van der Waals surface area contributed by atoms with Gasteiger partial charge in [-0.05, 0) is 44.1 Å². The third-order valence-corrected chi connectivity index (χ3v) is 3.23. The van der Waals surface area contributed by atoms with Gasteiger partial charge in [-0.3, -0.25) is 10.1 Å². The lowest BCUT2D eigenvalue weighted by Gasteiger charge is -2.17. The van der Waals surface area contributed by atoms with Crippen LogP contribution in [0.5, 0.6) is 0 Å². The fourth-order valence-electron chi connectivity index (χ4n) is 2.38. The summed E-state index contributed by atoms with van der Waals surface area (Å²) >= 11 is 0. The van der Waals surface area contributed by atoms with Crippen molar-refractivity contribution in [1.29, 1.82) is 0 Å². The van der Waals surface area contributed by atoms with Crippen molar-refractivity contribution in [2.24, 2.45) is 5.92 Å². The third-order valence-electron chi connectivity index (χ3n) is 3.23. The Bertz CT molecular complexity index is 455. The van der Waals surface area contributed by atoms with Crippen LogP contribution in [-0.2, 0) is 17.6 Å². The molecule has 0 fully saturated rings. The van der Waals surface area contributed by atoms with Gasteiger partial charge in [-0.2, -0.15) is 0 Å². The van der Waals surface area contributed by atoms with Gasteiger partial charge in [0.25, 0.3) is 0 Å². The number of anilines is 1. The van der Waals surface area contributed by atoms with Crippen molar-refractivity contribution in [2.75, 3.05) is 5.32 Å². The lowest BCUT2D eigenvalue weighted by atomic mass is 9.95. The topological polar surface area (TPSA) is 54.9 Å². The molecule has 1 aliphatic carbocycles. The van der Waals surface area contributed by atoms with Gasteiger partial charge >= 0.3 is 0 Å². The quantitative estimate of drug-likeness (QED) is 0.893. The van der Waals surface area contributed by atoms with Gasteiger partial charge in [-0.25, -0.2) is 9.97 Å². The molecule has 4 nitrogen and oxygen atoms in total. The molecule has 1 aromatic rings. The van der Waals surface area contributed by atoms with Gasteiger partial charge < -0.3 is 0 Å². The van der Waals surface area contributed by atoms with Gasteiger partial charge in [0.1, 0.15) is 0 Å². The van der Waals surface area contributed by atoms with Crippen molar-refractivity contribution in [2.45, 2.75) is 52.9 Å². The van der Waals surface area contributed by atoms with E-state index in [4.69, 9.17) is 0 Å². The molecule has 18 heavy (non-hydrogen) atoms. The van der Waals surface area contributed by atoms with E-state index in [1.54, 1.807) is 0 Å². The number of aromatic nitrogens is 2. The first-order chi connectivity index (χ1) is 8.56. The number of nitrogens with one attached hydrogen (secondary N) is 1. The maximum atomic E-state index is 11.7. The van der Waals surface area contributed by atoms with E-state index in [1.807, 2.05) is 20.8 Å². The first-order valence-electron chi connectivity index (χ1n) is 6.72. The van der Waals surface area contributed by atoms with E-state index in [0.29, 0.717) is 18.3 Å². The maximum Gasteiger partial charge on any atom is 0.229 e. The molecule has 0 aliphatic heterocycles. The molecule has 2 rings (SSSR count). The molecule has 0 bridgehead atoms. The summed E-state index contributed by atoms with van der Waals surface area (Å²) in [5.41, 5.74) is 3.41. The molecule has 0 radical (unpaired) electrons. The molecule has 1 N–H and O–H groups in total. The van der Waals surface area contributed by atoms with Crippen LogP contribution >= 0.6 is 0 Å². The number of amides is 1. The Balaban J connectivity index is 2.14. The Morgan fingerprint density at radius 1 is 1.28 bits per heavy atom. The molecule has 4 heteroatoms. The zero-order valence-corrected chi connectivity index (χ0v) is 11.4. The fraction of sp³-hybridized carbons (Fsp3) is 0.643. The summed E-state index contributed by atoms with van der Waals surface area (Å²) in [4.78, 5) is 20.6. The van der Waals surface area contributed by atoms with E-state index in [2.05, 4.69) is 15.3 Å². The highest BCUT2D eigenvalue weighted by molar-refractivity contribution is 5.89. The number of rotatable bonds is 3. The maximum absolute atomic E-state index is 11.7. The number of carbonyl (C=O) groups excluding carboxylic acids is 1. The molecular weight excluding hydrogens is 226 g/mol. The normalized spacial score (nSPS) is 14.4. The molecule has 0 saturated heterocycles. The molecule has 0 aromatic carbocycles. The molecule has 0 unspecified atom stereocenters. The molecule has 0 atom stereocenters. The minimum Gasteiger partial charge on any atom is -0.295 e. The van der Waals surface area contributed by atoms with E-state index in [9.17, 15) is 4.79 Å². The first kappa shape index (κ1) is 13.0. The van der Waals surface area contributed by atoms with E-state index >= 15 is 0 Å². The van der Waals surface area contributed by atoms with Crippen molar-refractivity contribution < 1.29 is 4.79 Å². The number of nitrogens with zero attached hydrogens (tertiary/aromatic N) is 2. The molecule has 0 saturated carbocycles. The van der Waals surface area contributed by atoms with Gasteiger partial charge in [-0.15, -0.1) is 0 Å². The minimum atomic E-state index is 0.000148. The zero-order chi connectivity index (χ0) is 13.1. The van der Waals surface area contributed by atoms with Crippen LogP contribution in [0.4, 0.5) is 5.95 Å². The Hall–Kier alpha value is -1.45. The molecule has 1 amide bonds. The summed E-state index contributed by atoms with van der Waals surface area (Å²) < 4.78 is 0. The summed E-state index contributed by atoms with van der Waals surface area (Å²) in [5.74, 6) is 0.822. The van der Waals surface area contributed by atoms with E-state index in [-0.39, 0.29) is 5.91 Å². The van der Waals surface area contributed by atoms with E-state index in [1.165, 1.54) is 18.4 Å². The Kier molecular flexibility index (Phi) is 3.94. The van der Waals surface area contributed by atoms with Crippen LogP contribution in [0.1, 0.15) is 50.1 Å². The predicted molar refractivity (Wildman–Crippen MR) is 71.5 cm³/mol. The Morgan fingerprint density at radius 3 is 2.72 bits per heavy atom. The van der Waals surface area contributed by atoms with Crippen molar-refractivity contribution >= 4 is 11.9 Å². The molecule has 1 heterocycles. The predicted octanol–water partition coefficient (Wildman–Crippen LogP) is 2.65. The second-order valence-corrected chi connectivity index (χ2v) is 5.41. The smallest absolute Gasteiger partial charge is 0.229 e. The second-order valence-electron chi connectivity index (χ2n) is 5.41. The number of hydrogen-bond donors (Lipinski definition) is 1. The summed E-state index contributed by atoms with van der Waals surface area (Å²) in [5, 5.41) is 2.80. The molecule has 0 spiro atoms. The molecule has 1 aliphatic rings. The standard InChI is InChI=1S/C14H21N3O/c1-9(2)8-13(18)17-14-15-10(3)11-6-4-5-7-12(11)16-14/h9H,4-8H2,1-3H3,(H,15,16,17,18). The summed E-state index contributed by atoms with van der Waals surface area (Å²) in [7, 11) is 0. The van der Waals surface area contributed by atoms with Crippen LogP contribution in [0, 0.1) is 12.8 Å².